The molecule has 8 aromatic carbocycles. The number of Topliss-reactive ketones (excluding diaryl/α,β-unsaturated/α-hetero) is 2. The van der Waals surface area contributed by atoms with Crippen molar-refractivity contribution >= 4 is 61.1 Å². The van der Waals surface area contributed by atoms with Crippen molar-refractivity contribution < 1.29 is 175 Å². The van der Waals surface area contributed by atoms with Crippen LogP contribution in [0.2, 0.25) is 0 Å². The van der Waals surface area contributed by atoms with E-state index >= 15 is 0 Å². The van der Waals surface area contributed by atoms with Gasteiger partial charge in [0.15, 0.2) is 69.4 Å². The standard InChI is InChI=1S/C19H14FNO6S.C17H12F3NO4S.C17H13F2NO5S.C17H12FNO5S.C4F10O2S/c1-28(23,24)16-3-2-15(27-13-7-11(10-21)6-12(20)8-13)17-14(22)9-19(18(16)17)25-4-5-26-19;1-26(23,24)12-3-2-11(13-14(12)17(22)16(20)15(13)19)25-10-5-8(7-21)4-9(18)6-10;1-26(23,24)12-3-2-11(13-14(12)17(22)15(19)16(13)21)25-10-5-8(7-20)4-9(18)6-10;1-25(22,23)15-3-2-14(16-12(20)7-13(21)17(15)16)24-11-5-9(8-19)4-10(18)6-11;5-1(6,3(9,10)11)2(7,8)4(12,13)17(14,15)16/h2-3,6-8H,4-5,9H2,1H3;2-6,15-17,22H,1H3;2-6,15-17,21-22H,1H3;2-6,12,20H,7H2,1H3;/t;15-,16-,17+;15-,16+,17+;12-;/m.111./s1. The number of carbonyl (C=O) groups is 2. The molecule has 26 nitrogen and oxygen atoms in total. The van der Waals surface area contributed by atoms with Crippen molar-refractivity contribution in [1.29, 1.82) is 21.0 Å². The Kier molecular flexibility index (Phi) is 26.7. The molecule has 7 atom stereocenters. The third kappa shape index (κ3) is 19.1. The molecule has 0 saturated carbocycles. The van der Waals surface area contributed by atoms with Crippen LogP contribution in [0.25, 0.3) is 0 Å². The fourth-order valence-electron chi connectivity index (χ4n) is 12.6. The Morgan fingerprint density at radius 1 is 0.418 bits per heavy atom. The van der Waals surface area contributed by atoms with Gasteiger partial charge in [-0.1, -0.05) is 3.89 Å². The normalized spacial score (nSPS) is 19.0. The first-order chi connectivity index (χ1) is 56.2. The summed E-state index contributed by atoms with van der Waals surface area (Å²) in [6, 6.07) is 29.7. The second-order valence-corrected chi connectivity index (χ2v) is 35.8. The molecular weight excluding hydrogens is 1780 g/mol. The molecule has 1 saturated heterocycles. The summed E-state index contributed by atoms with van der Waals surface area (Å²) in [6.07, 6.45) is -17.6. The lowest BCUT2D eigenvalue weighted by molar-refractivity contribution is -0.382. The van der Waals surface area contributed by atoms with E-state index in [9.17, 15) is 146 Å². The number of rotatable bonds is 15. The van der Waals surface area contributed by atoms with Crippen LogP contribution in [0.3, 0.4) is 0 Å². The van der Waals surface area contributed by atoms with Crippen LogP contribution in [0.1, 0.15) is 120 Å². The molecule has 1 spiro atoms. The number of halogens is 17. The fraction of sp³-hybridized carbons (Fsp3) is 0.270. The predicted molar refractivity (Wildman–Crippen MR) is 379 cm³/mol. The van der Waals surface area contributed by atoms with E-state index in [-0.39, 0.29) is 142 Å². The van der Waals surface area contributed by atoms with E-state index in [1.54, 1.807) is 18.2 Å². The number of sulfone groups is 4. The minimum Gasteiger partial charge on any atom is -0.457 e. The van der Waals surface area contributed by atoms with Gasteiger partial charge in [-0.3, -0.25) is 9.59 Å². The van der Waals surface area contributed by atoms with Gasteiger partial charge in [-0.15, -0.1) is 0 Å². The van der Waals surface area contributed by atoms with Gasteiger partial charge < -0.3 is 48.8 Å². The second kappa shape index (κ2) is 34.5. The van der Waals surface area contributed by atoms with E-state index in [1.165, 1.54) is 54.6 Å². The molecule has 4 aliphatic carbocycles. The lowest BCUT2D eigenvalue weighted by atomic mass is 10.1. The Balaban J connectivity index is 0.000000175. The van der Waals surface area contributed by atoms with E-state index in [0.717, 1.165) is 91.8 Å². The molecule has 13 rings (SSSR count). The number of fused-ring (bicyclic) bond motifs is 5. The molecular formula is C74H51F17N4O22S5. The number of ketones is 2. The third-order valence-electron chi connectivity index (χ3n) is 17.8. The van der Waals surface area contributed by atoms with Gasteiger partial charge in [0.2, 0.25) is 5.79 Å². The van der Waals surface area contributed by atoms with E-state index in [0.29, 0.717) is 0 Å². The summed E-state index contributed by atoms with van der Waals surface area (Å²) in [6.45, 7) is 0.437. The number of hydrogen-bond acceptors (Lipinski definition) is 26. The maximum atomic E-state index is 14.4. The molecule has 0 aromatic heterocycles. The number of benzene rings is 8. The maximum absolute atomic E-state index is 14.4. The van der Waals surface area contributed by atoms with E-state index in [1.807, 2.05) is 6.07 Å². The highest BCUT2D eigenvalue weighted by molar-refractivity contribution is 7.91. The monoisotopic (exact) mass is 1830 g/mol. The molecule has 0 unspecified atom stereocenters. The largest absolute Gasteiger partial charge is 0.460 e. The maximum Gasteiger partial charge on any atom is 0.460 e. The van der Waals surface area contributed by atoms with Crippen LogP contribution in [0.5, 0.6) is 46.0 Å². The number of aliphatic hydroxyl groups excluding tert-OH is 4. The van der Waals surface area contributed by atoms with Crippen molar-refractivity contribution in [2.45, 2.75) is 104 Å². The molecule has 122 heavy (non-hydrogen) atoms. The van der Waals surface area contributed by atoms with Crippen LogP contribution < -0.4 is 18.9 Å². The van der Waals surface area contributed by atoms with Crippen molar-refractivity contribution in [1.82, 2.24) is 0 Å². The van der Waals surface area contributed by atoms with Crippen LogP contribution in [-0.4, -0.2) is 148 Å². The first-order valence-electron chi connectivity index (χ1n) is 33.4. The van der Waals surface area contributed by atoms with Crippen LogP contribution in [0.4, 0.5) is 74.1 Å². The van der Waals surface area contributed by atoms with Gasteiger partial charge in [0, 0.05) is 94.7 Å². The van der Waals surface area contributed by atoms with Crippen molar-refractivity contribution in [3.05, 3.63) is 211 Å². The molecule has 48 heteroatoms. The van der Waals surface area contributed by atoms with E-state index in [2.05, 4.69) is 0 Å². The zero-order valence-electron chi connectivity index (χ0n) is 61.3. The highest BCUT2D eigenvalue weighted by Crippen LogP contribution is 2.57. The minimum absolute atomic E-state index is 0.00240. The number of nitriles is 4. The molecule has 0 radical (unpaired) electrons. The average Bonchev–Trinajstić information content (AvgIpc) is 1.52. The number of aliphatic hydroxyl groups is 4. The average molecular weight is 1830 g/mol. The van der Waals surface area contributed by atoms with Gasteiger partial charge >= 0.3 is 33.5 Å². The molecule has 648 valence electrons. The Hall–Kier alpha value is -11.4. The molecule has 0 amide bonds. The van der Waals surface area contributed by atoms with Crippen molar-refractivity contribution in [3.63, 3.8) is 0 Å². The van der Waals surface area contributed by atoms with Gasteiger partial charge in [-0.2, -0.15) is 69.0 Å². The van der Waals surface area contributed by atoms with Crippen molar-refractivity contribution in [2.24, 2.45) is 0 Å². The molecule has 8 aromatic rings. The van der Waals surface area contributed by atoms with Crippen LogP contribution in [0.15, 0.2) is 141 Å². The van der Waals surface area contributed by atoms with Gasteiger partial charge in [0.05, 0.1) is 97.4 Å². The Labute approximate surface area is 677 Å². The Morgan fingerprint density at radius 2 is 0.746 bits per heavy atom. The van der Waals surface area contributed by atoms with Gasteiger partial charge in [-0.25, -0.2) is 64.4 Å². The Bertz CT molecular complexity index is 6230. The van der Waals surface area contributed by atoms with Crippen LogP contribution in [-0.2, 0) is 64.8 Å². The van der Waals surface area contributed by atoms with Crippen LogP contribution in [0, 0.1) is 68.6 Å². The van der Waals surface area contributed by atoms with Crippen molar-refractivity contribution in [3.8, 4) is 70.3 Å². The summed E-state index contributed by atoms with van der Waals surface area (Å²) in [4.78, 5) is 23.9. The zero-order chi connectivity index (χ0) is 91.4. The first-order valence-corrected chi connectivity index (χ1v) is 42.3. The lowest BCUT2D eigenvalue weighted by Gasteiger charge is -2.31. The SMILES string of the molecule is CS(=O)(=O)c1ccc(Oc2cc(F)cc(C#N)c2)c2c1C(=O)C[C@H]2O.CS(=O)(=O)c1ccc(Oc2cc(F)cc(C#N)c2)c2c1C1(CC2=O)OCCO1.CS(=O)(=O)c1ccc(Oc2cc(F)cc(C#N)c2)c2c1[C@H](O)[C@H](F)[C@@H]2F.CS(=O)(=O)c1ccc(Oc2cc(F)cc(C#N)c2)c2c1[C@H](O)[C@H](F)[C@H]2O.O=S(=O)(F)C(F)(F)C(F)(F)C(F)(F)C(F)(F)F. The summed E-state index contributed by atoms with van der Waals surface area (Å²) >= 11 is 0. The number of alkyl halides is 12. The Morgan fingerprint density at radius 3 is 1.11 bits per heavy atom. The summed E-state index contributed by atoms with van der Waals surface area (Å²) in [7, 11) is -22.7. The summed E-state index contributed by atoms with van der Waals surface area (Å²) in [5.41, 5.74) is -1.30. The number of nitrogens with zero attached hydrogens (tertiary/aromatic N) is 4. The highest BCUT2D eigenvalue weighted by Gasteiger charge is 2.86. The van der Waals surface area contributed by atoms with Gasteiger partial charge in [0.25, 0.3) is 0 Å². The third-order valence-corrected chi connectivity index (χ3v) is 23.2. The molecule has 4 N–H and O–H groups in total. The molecule has 5 aliphatic rings. The topological polar surface area (TPSA) is 436 Å². The predicted octanol–water partition coefficient (Wildman–Crippen LogP) is 13.5. The summed E-state index contributed by atoms with van der Waals surface area (Å²) < 4.78 is 363. The number of hydrogen-bond donors (Lipinski definition) is 4. The van der Waals surface area contributed by atoms with Crippen LogP contribution >= 0.6 is 0 Å². The van der Waals surface area contributed by atoms with E-state index in [4.69, 9.17) is 49.5 Å². The number of carbonyl (C=O) groups excluding carboxylic acids is 2. The van der Waals surface area contributed by atoms with Gasteiger partial charge in [-0.05, 0) is 97.1 Å². The highest BCUT2D eigenvalue weighted by atomic mass is 32.3. The summed E-state index contributed by atoms with van der Waals surface area (Å²) in [5.74, 6) is -20.8. The smallest absolute Gasteiger partial charge is 0.457 e. The number of ether oxygens (including phenoxy) is 6. The molecule has 0 bridgehead atoms. The minimum atomic E-state index is -7.67. The lowest BCUT2D eigenvalue weighted by Crippen LogP contribution is -2.62. The first kappa shape index (κ1) is 94.4. The molecule has 1 heterocycles. The molecule has 1 fully saturated rings. The van der Waals surface area contributed by atoms with E-state index < -0.39 is 172 Å². The second-order valence-electron chi connectivity index (χ2n) is 26.5. The molecule has 1 aliphatic heterocycles. The summed E-state index contributed by atoms with van der Waals surface area (Å²) in [5, 5.41) is 68.6. The van der Waals surface area contributed by atoms with Gasteiger partial charge in [0.1, 0.15) is 87.6 Å². The zero-order valence-corrected chi connectivity index (χ0v) is 65.4. The quantitative estimate of drug-likeness (QED) is 0.0547. The van der Waals surface area contributed by atoms with Crippen molar-refractivity contribution in [2.75, 3.05) is 38.2 Å². The fourth-order valence-corrected chi connectivity index (χ4v) is 16.8.